The smallest absolute Gasteiger partial charge is 0.267 e. The lowest BCUT2D eigenvalue weighted by atomic mass is 10.2. The van der Waals surface area contributed by atoms with Crippen LogP contribution in [0, 0.1) is 6.92 Å². The zero-order valence-electron chi connectivity index (χ0n) is 16.6. The Kier molecular flexibility index (Phi) is 4.59. The van der Waals surface area contributed by atoms with E-state index in [0.29, 0.717) is 17.7 Å². The van der Waals surface area contributed by atoms with E-state index in [4.69, 9.17) is 0 Å². The Hall–Kier alpha value is -3.46. The van der Waals surface area contributed by atoms with Crippen molar-refractivity contribution in [1.82, 2.24) is 25.3 Å². The predicted molar refractivity (Wildman–Crippen MR) is 119 cm³/mol. The van der Waals surface area contributed by atoms with Crippen LogP contribution in [0.2, 0.25) is 0 Å². The lowest BCUT2D eigenvalue weighted by Crippen LogP contribution is -2.25. The molecule has 1 aliphatic carbocycles. The van der Waals surface area contributed by atoms with E-state index in [1.807, 2.05) is 44.3 Å². The average molecular weight is 420 g/mol. The predicted octanol–water partition coefficient (Wildman–Crippen LogP) is 4.07. The van der Waals surface area contributed by atoms with Crippen molar-refractivity contribution >= 4 is 44.9 Å². The van der Waals surface area contributed by atoms with Gasteiger partial charge in [0.2, 0.25) is 5.95 Å². The van der Waals surface area contributed by atoms with Crippen molar-refractivity contribution in [3.05, 3.63) is 47.9 Å². The fourth-order valence-electron chi connectivity index (χ4n) is 3.24. The van der Waals surface area contributed by atoms with Gasteiger partial charge < -0.3 is 20.9 Å². The number of thiazole rings is 1. The van der Waals surface area contributed by atoms with Crippen LogP contribution >= 0.6 is 11.3 Å². The molecule has 4 aromatic rings. The van der Waals surface area contributed by atoms with E-state index in [1.54, 1.807) is 17.5 Å². The highest BCUT2D eigenvalue weighted by atomic mass is 32.1. The second kappa shape index (κ2) is 7.42. The van der Waals surface area contributed by atoms with Crippen molar-refractivity contribution in [2.24, 2.45) is 0 Å². The quantitative estimate of drug-likeness (QED) is 0.375. The maximum atomic E-state index is 12.3. The fourth-order valence-corrected chi connectivity index (χ4v) is 4.13. The summed E-state index contributed by atoms with van der Waals surface area (Å²) in [7, 11) is 1.85. The number of hydrogen-bond donors (Lipinski definition) is 4. The van der Waals surface area contributed by atoms with Crippen LogP contribution in [0.3, 0.4) is 0 Å². The van der Waals surface area contributed by atoms with Gasteiger partial charge in [-0.15, -0.1) is 0 Å². The highest BCUT2D eigenvalue weighted by molar-refractivity contribution is 7.19. The number of carbonyl (C=O) groups is 1. The van der Waals surface area contributed by atoms with E-state index in [0.717, 1.165) is 50.8 Å². The van der Waals surface area contributed by atoms with Gasteiger partial charge in [0.15, 0.2) is 5.13 Å². The first kappa shape index (κ1) is 18.6. The summed E-state index contributed by atoms with van der Waals surface area (Å²) in [5.41, 5.74) is 4.10. The van der Waals surface area contributed by atoms with Crippen molar-refractivity contribution in [1.29, 1.82) is 0 Å². The lowest BCUT2D eigenvalue weighted by molar-refractivity contribution is 0.0947. The molecule has 1 aliphatic rings. The number of anilines is 3. The Morgan fingerprint density at radius 1 is 1.20 bits per heavy atom. The summed E-state index contributed by atoms with van der Waals surface area (Å²) in [4.78, 5) is 29.9. The molecular weight excluding hydrogens is 398 g/mol. The van der Waals surface area contributed by atoms with Gasteiger partial charge in [-0.1, -0.05) is 11.3 Å². The highest BCUT2D eigenvalue weighted by Gasteiger charge is 2.24. The van der Waals surface area contributed by atoms with Gasteiger partial charge in [-0.3, -0.25) is 4.79 Å². The molecule has 152 valence electrons. The molecule has 0 atom stereocenters. The summed E-state index contributed by atoms with van der Waals surface area (Å²) < 4.78 is 0. The van der Waals surface area contributed by atoms with Crippen LogP contribution < -0.4 is 16.0 Å². The number of aromatic amines is 1. The maximum Gasteiger partial charge on any atom is 0.267 e. The van der Waals surface area contributed by atoms with Gasteiger partial charge >= 0.3 is 0 Å². The normalized spacial score (nSPS) is 13.4. The minimum absolute atomic E-state index is 0.0555. The number of hydrogen-bond acceptors (Lipinski definition) is 7. The summed E-state index contributed by atoms with van der Waals surface area (Å²) in [6, 6.07) is 9.95. The lowest BCUT2D eigenvalue weighted by Gasteiger charge is -2.06. The topological polar surface area (TPSA) is 108 Å². The van der Waals surface area contributed by atoms with Crippen molar-refractivity contribution in [3.8, 4) is 10.6 Å². The molecule has 0 unspecified atom stereocenters. The van der Waals surface area contributed by atoms with Crippen LogP contribution in [0.5, 0.6) is 0 Å². The number of carbonyl (C=O) groups excluding carboxylic acids is 1. The molecule has 1 fully saturated rings. The Morgan fingerprint density at radius 3 is 2.83 bits per heavy atom. The molecule has 3 heterocycles. The molecule has 0 spiro atoms. The van der Waals surface area contributed by atoms with Gasteiger partial charge in [0.25, 0.3) is 5.91 Å². The van der Waals surface area contributed by atoms with E-state index in [-0.39, 0.29) is 5.91 Å². The minimum Gasteiger partial charge on any atom is -0.365 e. The standard InChI is InChI=1S/C21H21N7OS/c1-11-18(30-21(22-2)24-11)16-7-8-23-20(28-16)26-14-5-6-15-12(9-14)10-17(27-15)19(29)25-13-3-4-13/h5-10,13,27H,3-4H2,1-2H3,(H,22,24)(H,25,29)(H,23,26,28). The van der Waals surface area contributed by atoms with Gasteiger partial charge in [0.1, 0.15) is 5.69 Å². The summed E-state index contributed by atoms with van der Waals surface area (Å²) >= 11 is 1.56. The Balaban J connectivity index is 1.38. The first-order valence-electron chi connectivity index (χ1n) is 9.78. The third kappa shape index (κ3) is 3.71. The first-order chi connectivity index (χ1) is 14.6. The van der Waals surface area contributed by atoms with Gasteiger partial charge in [0.05, 0.1) is 16.3 Å². The van der Waals surface area contributed by atoms with Crippen LogP contribution in [0.15, 0.2) is 36.5 Å². The van der Waals surface area contributed by atoms with Gasteiger partial charge in [-0.05, 0) is 50.1 Å². The summed E-state index contributed by atoms with van der Waals surface area (Å²) in [6.45, 7) is 1.97. The summed E-state index contributed by atoms with van der Waals surface area (Å²) in [5.74, 6) is 0.452. The Labute approximate surface area is 177 Å². The number of aryl methyl sites for hydroxylation is 1. The maximum absolute atomic E-state index is 12.3. The minimum atomic E-state index is -0.0555. The molecule has 5 rings (SSSR count). The summed E-state index contributed by atoms with van der Waals surface area (Å²) in [5, 5.41) is 11.1. The molecule has 0 aliphatic heterocycles. The van der Waals surface area contributed by atoms with E-state index in [9.17, 15) is 4.79 Å². The van der Waals surface area contributed by atoms with Crippen molar-refractivity contribution < 1.29 is 4.79 Å². The van der Waals surface area contributed by atoms with E-state index >= 15 is 0 Å². The second-order valence-corrected chi connectivity index (χ2v) is 8.31. The molecule has 1 amide bonds. The fraction of sp³-hybridized carbons (Fsp3) is 0.238. The molecule has 4 N–H and O–H groups in total. The molecule has 3 aromatic heterocycles. The van der Waals surface area contributed by atoms with Crippen LogP contribution in [0.1, 0.15) is 29.0 Å². The van der Waals surface area contributed by atoms with E-state index in [2.05, 4.69) is 35.9 Å². The largest absolute Gasteiger partial charge is 0.365 e. The Bertz CT molecular complexity index is 1240. The molecule has 30 heavy (non-hydrogen) atoms. The Morgan fingerprint density at radius 2 is 2.07 bits per heavy atom. The molecule has 8 nitrogen and oxygen atoms in total. The molecular formula is C21H21N7OS. The van der Waals surface area contributed by atoms with Crippen molar-refractivity contribution in [2.45, 2.75) is 25.8 Å². The van der Waals surface area contributed by atoms with Crippen molar-refractivity contribution in [3.63, 3.8) is 0 Å². The highest BCUT2D eigenvalue weighted by Crippen LogP contribution is 2.32. The zero-order valence-corrected chi connectivity index (χ0v) is 17.4. The number of nitrogens with one attached hydrogen (secondary N) is 4. The molecule has 0 saturated heterocycles. The van der Waals surface area contributed by atoms with Gasteiger partial charge in [-0.25, -0.2) is 15.0 Å². The van der Waals surface area contributed by atoms with Crippen LogP contribution in [-0.2, 0) is 0 Å². The second-order valence-electron chi connectivity index (χ2n) is 7.31. The molecule has 0 bridgehead atoms. The van der Waals surface area contributed by atoms with E-state index < -0.39 is 0 Å². The van der Waals surface area contributed by atoms with Crippen molar-refractivity contribution in [2.75, 3.05) is 17.7 Å². The molecule has 0 radical (unpaired) electrons. The van der Waals surface area contributed by atoms with Gasteiger partial charge in [-0.2, -0.15) is 0 Å². The average Bonchev–Trinajstić information content (AvgIpc) is 3.32. The monoisotopic (exact) mass is 419 g/mol. The van der Waals surface area contributed by atoms with Crippen LogP contribution in [0.25, 0.3) is 21.5 Å². The number of fused-ring (bicyclic) bond motifs is 1. The SMILES string of the molecule is CNc1nc(C)c(-c2ccnc(Nc3ccc4[nH]c(C(=O)NC5CC5)cc4c3)n2)s1. The zero-order chi connectivity index (χ0) is 20.7. The third-order valence-corrected chi connectivity index (χ3v) is 6.13. The number of benzene rings is 1. The van der Waals surface area contributed by atoms with Crippen LogP contribution in [-0.4, -0.2) is 38.9 Å². The molecule has 1 aromatic carbocycles. The first-order valence-corrected chi connectivity index (χ1v) is 10.6. The number of nitrogens with zero attached hydrogens (tertiary/aromatic N) is 3. The summed E-state index contributed by atoms with van der Waals surface area (Å²) in [6.07, 6.45) is 3.87. The molecule has 1 saturated carbocycles. The van der Waals surface area contributed by atoms with E-state index in [1.165, 1.54) is 0 Å². The molecule has 9 heteroatoms. The van der Waals surface area contributed by atoms with Gasteiger partial charge in [0, 0.05) is 35.9 Å². The third-order valence-electron chi connectivity index (χ3n) is 4.93. The number of amides is 1. The van der Waals surface area contributed by atoms with Crippen LogP contribution in [0.4, 0.5) is 16.8 Å². The number of aromatic nitrogens is 4. The number of rotatable bonds is 6. The number of H-pyrrole nitrogens is 1.